The summed E-state index contributed by atoms with van der Waals surface area (Å²) in [6.07, 6.45) is 4.60. The lowest BCUT2D eigenvalue weighted by atomic mass is 10.0. The zero-order valence-corrected chi connectivity index (χ0v) is 14.8. The third-order valence-corrected chi connectivity index (χ3v) is 9.34. The van der Waals surface area contributed by atoms with Gasteiger partial charge < -0.3 is 4.43 Å². The SMILES string of the molecule is CC(C)(C)[Si](C)(C)OCc1ccc2c(c1)/C(=C/C=O)CC2. The second-order valence-corrected chi connectivity index (χ2v) is 12.2. The molecule has 1 aliphatic rings. The van der Waals surface area contributed by atoms with Crippen LogP contribution in [0, 0.1) is 0 Å². The van der Waals surface area contributed by atoms with Crippen molar-refractivity contribution < 1.29 is 9.22 Å². The van der Waals surface area contributed by atoms with E-state index in [1.165, 1.54) is 16.7 Å². The maximum atomic E-state index is 10.7. The molecule has 0 atom stereocenters. The van der Waals surface area contributed by atoms with Crippen molar-refractivity contribution in [2.75, 3.05) is 0 Å². The Bertz CT molecular complexity index is 565. The van der Waals surface area contributed by atoms with Gasteiger partial charge in [0.2, 0.25) is 0 Å². The molecule has 0 spiro atoms. The maximum absolute atomic E-state index is 10.7. The molecule has 0 heterocycles. The number of hydrogen-bond acceptors (Lipinski definition) is 2. The zero-order chi connectivity index (χ0) is 15.7. The molecule has 2 rings (SSSR count). The molecule has 1 aromatic carbocycles. The highest BCUT2D eigenvalue weighted by Crippen LogP contribution is 2.37. The van der Waals surface area contributed by atoms with E-state index >= 15 is 0 Å². The standard InChI is InChI=1S/C18H26O2Si/c1-18(2,3)21(4,5)20-13-14-6-7-15-8-9-16(10-11-19)17(15)12-14/h6-7,10-12H,8-9,13H2,1-5H3/b16-10+. The van der Waals surface area contributed by atoms with Gasteiger partial charge in [0.25, 0.3) is 0 Å². The van der Waals surface area contributed by atoms with Crippen LogP contribution in [0.2, 0.25) is 18.1 Å². The molecular formula is C18H26O2Si. The summed E-state index contributed by atoms with van der Waals surface area (Å²) in [5, 5.41) is 0.228. The predicted octanol–water partition coefficient (Wildman–Crippen LogP) is 4.74. The number of carbonyl (C=O) groups is 1. The van der Waals surface area contributed by atoms with Crippen molar-refractivity contribution in [2.24, 2.45) is 0 Å². The number of hydrogen-bond donors (Lipinski definition) is 0. The largest absolute Gasteiger partial charge is 0.413 e. The molecule has 0 fully saturated rings. The average molecular weight is 302 g/mol. The van der Waals surface area contributed by atoms with E-state index < -0.39 is 8.32 Å². The molecule has 114 valence electrons. The van der Waals surface area contributed by atoms with Crippen LogP contribution in [0.1, 0.15) is 43.9 Å². The van der Waals surface area contributed by atoms with Crippen molar-refractivity contribution in [3.8, 4) is 0 Å². The van der Waals surface area contributed by atoms with E-state index in [4.69, 9.17) is 4.43 Å². The van der Waals surface area contributed by atoms with Gasteiger partial charge in [-0.2, -0.15) is 0 Å². The first kappa shape index (κ1) is 16.2. The van der Waals surface area contributed by atoms with Crippen molar-refractivity contribution >= 4 is 20.2 Å². The molecular weight excluding hydrogens is 276 g/mol. The lowest BCUT2D eigenvalue weighted by molar-refractivity contribution is -0.104. The third-order valence-electron chi connectivity index (χ3n) is 4.86. The molecule has 3 heteroatoms. The van der Waals surface area contributed by atoms with Gasteiger partial charge in [0.05, 0.1) is 6.61 Å². The summed E-state index contributed by atoms with van der Waals surface area (Å²) in [6, 6.07) is 6.55. The van der Waals surface area contributed by atoms with Crippen molar-refractivity contribution in [3.05, 3.63) is 41.0 Å². The van der Waals surface area contributed by atoms with Crippen LogP contribution >= 0.6 is 0 Å². The van der Waals surface area contributed by atoms with E-state index in [2.05, 4.69) is 52.1 Å². The van der Waals surface area contributed by atoms with Crippen LogP contribution in [0.4, 0.5) is 0 Å². The fourth-order valence-corrected chi connectivity index (χ4v) is 3.33. The molecule has 0 bridgehead atoms. The van der Waals surface area contributed by atoms with E-state index in [1.54, 1.807) is 6.08 Å². The van der Waals surface area contributed by atoms with Crippen LogP contribution in [0.15, 0.2) is 24.3 Å². The first-order valence-electron chi connectivity index (χ1n) is 7.65. The quantitative estimate of drug-likeness (QED) is 0.456. The average Bonchev–Trinajstić information content (AvgIpc) is 2.78. The van der Waals surface area contributed by atoms with E-state index in [9.17, 15) is 4.79 Å². The van der Waals surface area contributed by atoms with Crippen molar-refractivity contribution in [1.82, 2.24) is 0 Å². The van der Waals surface area contributed by atoms with E-state index in [0.717, 1.165) is 24.7 Å². The van der Waals surface area contributed by atoms with Crippen LogP contribution in [-0.2, 0) is 22.2 Å². The Kier molecular flexibility index (Phi) is 4.54. The zero-order valence-electron chi connectivity index (χ0n) is 13.8. The Labute approximate surface area is 129 Å². The molecule has 0 amide bonds. The van der Waals surface area contributed by atoms with Crippen LogP contribution in [0.3, 0.4) is 0 Å². The lowest BCUT2D eigenvalue weighted by Gasteiger charge is -2.36. The number of allylic oxidation sites excluding steroid dienone is 2. The van der Waals surface area contributed by atoms with Crippen LogP contribution in [0.25, 0.3) is 5.57 Å². The normalized spacial score (nSPS) is 17.1. The highest BCUT2D eigenvalue weighted by molar-refractivity contribution is 6.74. The predicted molar refractivity (Wildman–Crippen MR) is 90.8 cm³/mol. The molecule has 0 aromatic heterocycles. The van der Waals surface area contributed by atoms with E-state index in [-0.39, 0.29) is 5.04 Å². The fraction of sp³-hybridized carbons (Fsp3) is 0.500. The second-order valence-electron chi connectivity index (χ2n) is 7.37. The number of aryl methyl sites for hydroxylation is 1. The lowest BCUT2D eigenvalue weighted by Crippen LogP contribution is -2.40. The Hall–Kier alpha value is -1.19. The number of fused-ring (bicyclic) bond motifs is 1. The first-order valence-corrected chi connectivity index (χ1v) is 10.6. The summed E-state index contributed by atoms with van der Waals surface area (Å²) in [5.41, 5.74) is 4.95. The van der Waals surface area contributed by atoms with Gasteiger partial charge in [0.1, 0.15) is 6.29 Å². The summed E-state index contributed by atoms with van der Waals surface area (Å²) in [4.78, 5) is 10.7. The monoisotopic (exact) mass is 302 g/mol. The van der Waals surface area contributed by atoms with Gasteiger partial charge >= 0.3 is 0 Å². The first-order chi connectivity index (χ1) is 9.74. The van der Waals surface area contributed by atoms with Gasteiger partial charge in [-0.05, 0) is 65.4 Å². The molecule has 21 heavy (non-hydrogen) atoms. The van der Waals surface area contributed by atoms with Crippen LogP contribution < -0.4 is 0 Å². The van der Waals surface area contributed by atoms with Gasteiger partial charge in [-0.1, -0.05) is 32.9 Å². The van der Waals surface area contributed by atoms with Crippen molar-refractivity contribution in [3.63, 3.8) is 0 Å². The minimum Gasteiger partial charge on any atom is -0.413 e. The van der Waals surface area contributed by atoms with Gasteiger partial charge in [0.15, 0.2) is 8.32 Å². The Morgan fingerprint density at radius 2 is 1.95 bits per heavy atom. The van der Waals surface area contributed by atoms with Crippen LogP contribution in [-0.4, -0.2) is 14.6 Å². The summed E-state index contributed by atoms with van der Waals surface area (Å²) < 4.78 is 6.28. The van der Waals surface area contributed by atoms with Gasteiger partial charge in [-0.3, -0.25) is 4.79 Å². The van der Waals surface area contributed by atoms with Crippen LogP contribution in [0.5, 0.6) is 0 Å². The van der Waals surface area contributed by atoms with Gasteiger partial charge in [0, 0.05) is 0 Å². The van der Waals surface area contributed by atoms with Crippen molar-refractivity contribution in [1.29, 1.82) is 0 Å². The summed E-state index contributed by atoms with van der Waals surface area (Å²) >= 11 is 0. The Balaban J connectivity index is 2.15. The summed E-state index contributed by atoms with van der Waals surface area (Å²) in [6.45, 7) is 12.0. The van der Waals surface area contributed by atoms with Gasteiger partial charge in [-0.15, -0.1) is 0 Å². The second kappa shape index (κ2) is 5.89. The fourth-order valence-electron chi connectivity index (χ4n) is 2.37. The Morgan fingerprint density at radius 3 is 2.57 bits per heavy atom. The van der Waals surface area contributed by atoms with Gasteiger partial charge in [-0.25, -0.2) is 0 Å². The highest BCUT2D eigenvalue weighted by atomic mass is 28.4. The minimum atomic E-state index is -1.72. The smallest absolute Gasteiger partial charge is 0.192 e. The Morgan fingerprint density at radius 1 is 1.24 bits per heavy atom. The third kappa shape index (κ3) is 3.53. The number of aldehydes is 1. The summed E-state index contributed by atoms with van der Waals surface area (Å²) in [7, 11) is -1.72. The molecule has 0 unspecified atom stereocenters. The molecule has 0 aliphatic heterocycles. The molecule has 0 radical (unpaired) electrons. The number of benzene rings is 1. The molecule has 0 N–H and O–H groups in total. The molecule has 2 nitrogen and oxygen atoms in total. The molecule has 1 aliphatic carbocycles. The van der Waals surface area contributed by atoms with Crippen molar-refractivity contribution in [2.45, 2.75) is 58.4 Å². The maximum Gasteiger partial charge on any atom is 0.192 e. The molecule has 0 saturated heterocycles. The minimum absolute atomic E-state index is 0.228. The topological polar surface area (TPSA) is 26.3 Å². The van der Waals surface area contributed by atoms with E-state index in [0.29, 0.717) is 6.61 Å². The summed E-state index contributed by atoms with van der Waals surface area (Å²) in [5.74, 6) is 0. The molecule has 1 aromatic rings. The van der Waals surface area contributed by atoms with E-state index in [1.807, 2.05) is 0 Å². The number of rotatable bonds is 4. The number of carbonyl (C=O) groups excluding carboxylic acids is 1. The molecule has 0 saturated carbocycles. The highest BCUT2D eigenvalue weighted by Gasteiger charge is 2.37.